The van der Waals surface area contributed by atoms with Crippen molar-refractivity contribution in [3.63, 3.8) is 0 Å². The Morgan fingerprint density at radius 3 is 2.37 bits per heavy atom. The van der Waals surface area contributed by atoms with E-state index in [1.165, 1.54) is 19.3 Å². The maximum absolute atomic E-state index is 13.1. The molecule has 1 aromatic rings. The summed E-state index contributed by atoms with van der Waals surface area (Å²) in [5, 5.41) is 3.17. The lowest BCUT2D eigenvalue weighted by molar-refractivity contribution is -0.137. The van der Waals surface area contributed by atoms with Crippen LogP contribution in [0.5, 0.6) is 0 Å². The van der Waals surface area contributed by atoms with E-state index in [1.807, 2.05) is 30.0 Å². The molecule has 3 fully saturated rings. The topological polar surface area (TPSA) is 69.7 Å². The number of hydrogen-bond donors (Lipinski definition) is 1. The van der Waals surface area contributed by atoms with Gasteiger partial charge in [0.25, 0.3) is 5.91 Å². The van der Waals surface area contributed by atoms with E-state index in [0.29, 0.717) is 43.2 Å². The molecule has 6 heteroatoms. The number of rotatable bonds is 4. The molecule has 0 aromatic heterocycles. The van der Waals surface area contributed by atoms with Gasteiger partial charge in [0.05, 0.1) is 11.3 Å². The zero-order valence-electron chi connectivity index (χ0n) is 18.0. The Kier molecular flexibility index (Phi) is 6.40. The lowest BCUT2D eigenvalue weighted by Crippen LogP contribution is -2.48. The number of carbonyl (C=O) groups is 3. The Balaban J connectivity index is 1.37. The van der Waals surface area contributed by atoms with Crippen molar-refractivity contribution in [1.82, 2.24) is 10.2 Å². The maximum Gasteiger partial charge on any atom is 0.253 e. The third-order valence-corrected chi connectivity index (χ3v) is 6.86. The number of likely N-dealkylation sites (tertiary alicyclic amines) is 1. The lowest BCUT2D eigenvalue weighted by Gasteiger charge is -2.35. The first-order valence-electron chi connectivity index (χ1n) is 11.5. The number of nitrogens with zero attached hydrogens (tertiary/aromatic N) is 2. The molecule has 3 amide bonds. The number of anilines is 1. The molecule has 162 valence electrons. The monoisotopic (exact) mass is 411 g/mol. The minimum absolute atomic E-state index is 0.0653. The zero-order chi connectivity index (χ0) is 21.1. The van der Waals surface area contributed by atoms with Gasteiger partial charge in [-0.1, -0.05) is 30.9 Å². The summed E-state index contributed by atoms with van der Waals surface area (Å²) < 4.78 is 0. The zero-order valence-corrected chi connectivity index (χ0v) is 18.0. The van der Waals surface area contributed by atoms with Crippen molar-refractivity contribution in [1.29, 1.82) is 0 Å². The van der Waals surface area contributed by atoms with Crippen molar-refractivity contribution in [3.05, 3.63) is 29.3 Å². The summed E-state index contributed by atoms with van der Waals surface area (Å²) in [5.41, 5.74) is 2.29. The standard InChI is InChI=1S/C24H33N3O3/c1-17-9-10-21(27-13-5-8-22(27)28)20(16-17)23(29)25-19-11-14-26(15-12-19)24(30)18-6-3-2-4-7-18/h9-10,16,18-19H,2-8,11-15H2,1H3,(H,25,29). The second kappa shape index (κ2) is 9.19. The molecule has 2 aliphatic heterocycles. The second-order valence-electron chi connectivity index (χ2n) is 9.08. The fraction of sp³-hybridized carbons (Fsp3) is 0.625. The van der Waals surface area contributed by atoms with Crippen LogP contribution in [0.3, 0.4) is 0 Å². The highest BCUT2D eigenvalue weighted by atomic mass is 16.2. The summed E-state index contributed by atoms with van der Waals surface area (Å²) in [5.74, 6) is 0.485. The minimum Gasteiger partial charge on any atom is -0.349 e. The SMILES string of the molecule is Cc1ccc(N2CCCC2=O)c(C(=O)NC2CCN(C(=O)C3CCCCC3)CC2)c1. The van der Waals surface area contributed by atoms with E-state index in [-0.39, 0.29) is 23.8 Å². The Morgan fingerprint density at radius 1 is 0.967 bits per heavy atom. The van der Waals surface area contributed by atoms with Crippen LogP contribution in [-0.4, -0.2) is 48.3 Å². The van der Waals surface area contributed by atoms with Gasteiger partial charge in [-0.05, 0) is 51.2 Å². The number of nitrogens with one attached hydrogen (secondary N) is 1. The van der Waals surface area contributed by atoms with E-state index in [4.69, 9.17) is 0 Å². The van der Waals surface area contributed by atoms with E-state index in [0.717, 1.165) is 37.7 Å². The van der Waals surface area contributed by atoms with Gasteiger partial charge in [-0.2, -0.15) is 0 Å². The number of benzene rings is 1. The molecule has 1 aromatic carbocycles. The van der Waals surface area contributed by atoms with Gasteiger partial charge in [0.2, 0.25) is 11.8 Å². The summed E-state index contributed by atoms with van der Waals surface area (Å²) in [6.45, 7) is 4.06. The molecule has 0 radical (unpaired) electrons. The summed E-state index contributed by atoms with van der Waals surface area (Å²) in [6, 6.07) is 5.78. The first kappa shape index (κ1) is 20.9. The smallest absolute Gasteiger partial charge is 0.253 e. The summed E-state index contributed by atoms with van der Waals surface area (Å²) >= 11 is 0. The Labute approximate surface area is 179 Å². The first-order chi connectivity index (χ1) is 14.5. The van der Waals surface area contributed by atoms with Gasteiger partial charge < -0.3 is 15.1 Å². The molecule has 1 N–H and O–H groups in total. The second-order valence-corrected chi connectivity index (χ2v) is 9.08. The van der Waals surface area contributed by atoms with Gasteiger partial charge in [0.1, 0.15) is 0 Å². The van der Waals surface area contributed by atoms with E-state index in [1.54, 1.807) is 4.90 Å². The fourth-order valence-corrected chi connectivity index (χ4v) is 5.09. The molecule has 30 heavy (non-hydrogen) atoms. The van der Waals surface area contributed by atoms with Crippen molar-refractivity contribution in [3.8, 4) is 0 Å². The van der Waals surface area contributed by atoms with E-state index < -0.39 is 0 Å². The molecule has 4 rings (SSSR count). The summed E-state index contributed by atoms with van der Waals surface area (Å²) in [4.78, 5) is 41.8. The maximum atomic E-state index is 13.1. The molecule has 0 unspecified atom stereocenters. The minimum atomic E-state index is -0.120. The van der Waals surface area contributed by atoms with Crippen molar-refractivity contribution in [2.45, 2.75) is 70.8 Å². The van der Waals surface area contributed by atoms with E-state index in [9.17, 15) is 14.4 Å². The third-order valence-electron chi connectivity index (χ3n) is 6.86. The molecular formula is C24H33N3O3. The highest BCUT2D eigenvalue weighted by molar-refractivity contribution is 6.05. The average molecular weight is 412 g/mol. The Bertz CT molecular complexity index is 808. The molecule has 6 nitrogen and oxygen atoms in total. The van der Waals surface area contributed by atoms with Crippen LogP contribution in [0.1, 0.15) is 73.7 Å². The number of piperidine rings is 1. The molecule has 1 saturated carbocycles. The van der Waals surface area contributed by atoms with Crippen LogP contribution in [-0.2, 0) is 9.59 Å². The van der Waals surface area contributed by atoms with Crippen LogP contribution in [0.15, 0.2) is 18.2 Å². The molecule has 3 aliphatic rings. The van der Waals surface area contributed by atoms with E-state index in [2.05, 4.69) is 5.32 Å². The van der Waals surface area contributed by atoms with Crippen molar-refractivity contribution in [2.75, 3.05) is 24.5 Å². The number of amides is 3. The molecular weight excluding hydrogens is 378 g/mol. The number of carbonyl (C=O) groups excluding carboxylic acids is 3. The van der Waals surface area contributed by atoms with Gasteiger partial charge in [-0.15, -0.1) is 0 Å². The molecule has 0 bridgehead atoms. The fourth-order valence-electron chi connectivity index (χ4n) is 5.09. The molecule has 0 spiro atoms. The summed E-state index contributed by atoms with van der Waals surface area (Å²) in [6.07, 6.45) is 8.60. The predicted molar refractivity (Wildman–Crippen MR) is 116 cm³/mol. The van der Waals surface area contributed by atoms with Crippen LogP contribution >= 0.6 is 0 Å². The van der Waals surface area contributed by atoms with Gasteiger partial charge in [-0.3, -0.25) is 14.4 Å². The van der Waals surface area contributed by atoms with Crippen molar-refractivity contribution >= 4 is 23.4 Å². The Morgan fingerprint density at radius 2 is 1.70 bits per heavy atom. The van der Waals surface area contributed by atoms with Crippen LogP contribution in [0.2, 0.25) is 0 Å². The van der Waals surface area contributed by atoms with Gasteiger partial charge in [-0.25, -0.2) is 0 Å². The lowest BCUT2D eigenvalue weighted by atomic mass is 9.87. The Hall–Kier alpha value is -2.37. The van der Waals surface area contributed by atoms with Crippen LogP contribution in [0.25, 0.3) is 0 Å². The number of aryl methyl sites for hydroxylation is 1. The van der Waals surface area contributed by atoms with Crippen molar-refractivity contribution in [2.24, 2.45) is 5.92 Å². The van der Waals surface area contributed by atoms with Gasteiger partial charge >= 0.3 is 0 Å². The normalized spacial score (nSPS) is 21.2. The molecule has 0 atom stereocenters. The number of hydrogen-bond acceptors (Lipinski definition) is 3. The predicted octanol–water partition coefficient (Wildman–Crippen LogP) is 3.42. The van der Waals surface area contributed by atoms with Gasteiger partial charge in [0, 0.05) is 38.0 Å². The molecule has 1 aliphatic carbocycles. The van der Waals surface area contributed by atoms with Crippen LogP contribution in [0, 0.1) is 12.8 Å². The van der Waals surface area contributed by atoms with E-state index >= 15 is 0 Å². The van der Waals surface area contributed by atoms with Crippen LogP contribution in [0.4, 0.5) is 5.69 Å². The average Bonchev–Trinajstić information content (AvgIpc) is 3.20. The largest absolute Gasteiger partial charge is 0.349 e. The van der Waals surface area contributed by atoms with Gasteiger partial charge in [0.15, 0.2) is 0 Å². The highest BCUT2D eigenvalue weighted by Crippen LogP contribution is 2.28. The third kappa shape index (κ3) is 4.52. The first-order valence-corrected chi connectivity index (χ1v) is 11.5. The molecule has 2 saturated heterocycles. The summed E-state index contributed by atoms with van der Waals surface area (Å²) in [7, 11) is 0. The quantitative estimate of drug-likeness (QED) is 0.825. The van der Waals surface area contributed by atoms with Crippen molar-refractivity contribution < 1.29 is 14.4 Å². The van der Waals surface area contributed by atoms with Crippen LogP contribution < -0.4 is 10.2 Å². The molecule has 2 heterocycles. The highest BCUT2D eigenvalue weighted by Gasteiger charge is 2.31.